The lowest BCUT2D eigenvalue weighted by Gasteiger charge is -2.35. The lowest BCUT2D eigenvalue weighted by atomic mass is 9.90. The van der Waals surface area contributed by atoms with E-state index in [1.807, 2.05) is 58.3 Å². The smallest absolute Gasteiger partial charge is 0.407 e. The van der Waals surface area contributed by atoms with Crippen LogP contribution in [0.15, 0.2) is 60.8 Å². The molecule has 2 saturated carbocycles. The van der Waals surface area contributed by atoms with E-state index >= 15 is 0 Å². The Morgan fingerprint density at radius 2 is 1.07 bits per heavy atom. The van der Waals surface area contributed by atoms with Crippen LogP contribution in [0.4, 0.5) is 9.59 Å². The van der Waals surface area contributed by atoms with Crippen molar-refractivity contribution in [2.24, 2.45) is 23.7 Å². The Bertz CT molecular complexity index is 2760. The van der Waals surface area contributed by atoms with E-state index in [0.29, 0.717) is 63.9 Å². The number of amides is 4. The molecule has 3 aromatic carbocycles. The molecule has 6 aromatic rings. The Hall–Kier alpha value is -6.66. The minimum Gasteiger partial charge on any atom is -0.453 e. The Morgan fingerprint density at radius 3 is 1.59 bits per heavy atom. The number of methoxy groups -OCH3 is 2. The number of aromatic amines is 2. The van der Waals surface area contributed by atoms with E-state index in [2.05, 4.69) is 26.7 Å². The highest BCUT2D eigenvalue weighted by Crippen LogP contribution is 2.55. The molecular weight excluding hydrogens is 869 g/mol. The van der Waals surface area contributed by atoms with E-state index < -0.39 is 24.3 Å². The number of alkyl carbamates (subject to hydrolysis) is 2. The van der Waals surface area contributed by atoms with E-state index in [1.54, 1.807) is 6.20 Å². The Labute approximate surface area is 391 Å². The molecular formula is C50H54N10O8. The van der Waals surface area contributed by atoms with Crippen LogP contribution in [0.5, 0.6) is 0 Å². The summed E-state index contributed by atoms with van der Waals surface area (Å²) in [7, 11) is 2.64. The minimum atomic E-state index is -0.694. The Kier molecular flexibility index (Phi) is 10.8. The summed E-state index contributed by atoms with van der Waals surface area (Å²) in [6, 6.07) is 16.6. The maximum absolute atomic E-state index is 14.3. The number of ether oxygens (including phenoxy) is 4. The van der Waals surface area contributed by atoms with Gasteiger partial charge in [-0.15, -0.1) is 0 Å². The number of likely N-dealkylation sites (tertiary alicyclic amines) is 2. The molecule has 18 heteroatoms. The molecule has 68 heavy (non-hydrogen) atoms. The van der Waals surface area contributed by atoms with E-state index in [9.17, 15) is 19.2 Å². The van der Waals surface area contributed by atoms with Crippen LogP contribution in [0, 0.1) is 23.7 Å². The second-order valence-electron chi connectivity index (χ2n) is 19.4. The molecule has 8 atom stereocenters. The number of imidazole rings is 2. The van der Waals surface area contributed by atoms with Crippen molar-refractivity contribution in [2.45, 2.75) is 87.6 Å². The van der Waals surface area contributed by atoms with Crippen LogP contribution in [0.1, 0.15) is 75.1 Å². The summed E-state index contributed by atoms with van der Waals surface area (Å²) in [6.45, 7) is 2.22. The van der Waals surface area contributed by atoms with Crippen LogP contribution in [-0.2, 0) is 28.5 Å². The normalized spacial score (nSPS) is 25.5. The number of fused-ring (bicyclic) bond motifs is 5. The number of nitrogens with one attached hydrogen (secondary N) is 4. The number of piperidine rings is 2. The van der Waals surface area contributed by atoms with Crippen molar-refractivity contribution in [1.82, 2.24) is 50.3 Å². The molecule has 2 aliphatic carbocycles. The second-order valence-corrected chi connectivity index (χ2v) is 19.4. The van der Waals surface area contributed by atoms with Gasteiger partial charge in [0.05, 0.1) is 71.3 Å². The van der Waals surface area contributed by atoms with Crippen molar-refractivity contribution < 1.29 is 38.1 Å². The van der Waals surface area contributed by atoms with Crippen LogP contribution in [0.3, 0.4) is 0 Å². The summed E-state index contributed by atoms with van der Waals surface area (Å²) in [5.74, 6) is 2.07. The van der Waals surface area contributed by atoms with Crippen molar-refractivity contribution in [3.8, 4) is 22.4 Å². The maximum atomic E-state index is 14.3. The number of hydrogen-bond donors (Lipinski definition) is 4. The molecule has 352 valence electrons. The van der Waals surface area contributed by atoms with E-state index in [0.717, 1.165) is 92.8 Å². The third-order valence-electron chi connectivity index (χ3n) is 15.4. The van der Waals surface area contributed by atoms with Gasteiger partial charge in [0.15, 0.2) is 0 Å². The molecule has 4 N–H and O–H groups in total. The molecule has 0 spiro atoms. The average Bonchev–Trinajstić information content (AvgIpc) is 4.04. The fraction of sp³-hybridized carbons (Fsp3) is 0.480. The van der Waals surface area contributed by atoms with Crippen LogP contribution >= 0.6 is 0 Å². The number of benzene rings is 3. The molecule has 4 saturated heterocycles. The van der Waals surface area contributed by atoms with Gasteiger partial charge in [0.25, 0.3) is 0 Å². The molecule has 12 rings (SSSR count). The highest BCUT2D eigenvalue weighted by Gasteiger charge is 2.58. The highest BCUT2D eigenvalue weighted by molar-refractivity contribution is 5.90. The lowest BCUT2D eigenvalue weighted by molar-refractivity contribution is -0.138. The number of aromatic nitrogens is 6. The Balaban J connectivity index is 0.764. The molecule has 7 heterocycles. The molecule has 6 aliphatic rings. The average molecular weight is 923 g/mol. The number of carbonyl (C=O) groups excluding carboxylic acids is 4. The standard InChI is InChI=1S/C50H54N10O8/c1-65-49(63)57-43(25-9-13-67-14-10-25)47(61)59-39-20-30(39)22-41(59)45-53-33-7-4-28(18-36(33)55-45)27-3-6-32-35(17-27)51-24-38(52-32)29-5-8-34-37(19-29)56-46(54-34)42-23-31-21-40(31)60(42)48(62)44(58-50(64)66-2)26-11-15-68-16-12-26/h3-8,17-19,24-26,30-31,39-44H,9-16,20-23H2,1-2H3,(H,53,55)(H,54,56)(H,57,63)(H,58,64)/t30-,31-,39-,40-,41+,42+,43+,44+/m1/s1. The largest absolute Gasteiger partial charge is 0.453 e. The van der Waals surface area contributed by atoms with Crippen molar-refractivity contribution in [3.63, 3.8) is 0 Å². The third-order valence-corrected chi connectivity index (χ3v) is 15.4. The summed E-state index contributed by atoms with van der Waals surface area (Å²) in [4.78, 5) is 84.4. The van der Waals surface area contributed by atoms with E-state index in [4.69, 9.17) is 38.9 Å². The van der Waals surface area contributed by atoms with Gasteiger partial charge in [-0.3, -0.25) is 14.6 Å². The van der Waals surface area contributed by atoms with Gasteiger partial charge < -0.3 is 49.3 Å². The van der Waals surface area contributed by atoms with Crippen LogP contribution in [-0.4, -0.2) is 129 Å². The third kappa shape index (κ3) is 7.76. The number of rotatable bonds is 10. The van der Waals surface area contributed by atoms with Gasteiger partial charge in [-0.1, -0.05) is 18.2 Å². The number of H-pyrrole nitrogens is 2. The number of carbonyl (C=O) groups is 4. The predicted octanol–water partition coefficient (Wildman–Crippen LogP) is 6.34. The van der Waals surface area contributed by atoms with Gasteiger partial charge in [-0.2, -0.15) is 0 Å². The summed E-state index contributed by atoms with van der Waals surface area (Å²) < 4.78 is 21.0. The van der Waals surface area contributed by atoms with Crippen molar-refractivity contribution in [3.05, 3.63) is 72.4 Å². The zero-order valence-corrected chi connectivity index (χ0v) is 38.0. The molecule has 6 fully saturated rings. The quantitative estimate of drug-likeness (QED) is 0.118. The predicted molar refractivity (Wildman–Crippen MR) is 248 cm³/mol. The second kappa shape index (κ2) is 17.1. The lowest BCUT2D eigenvalue weighted by Crippen LogP contribution is -2.54. The van der Waals surface area contributed by atoms with E-state index in [-0.39, 0.29) is 47.8 Å². The number of hydrogen-bond acceptors (Lipinski definition) is 12. The summed E-state index contributed by atoms with van der Waals surface area (Å²) in [6.07, 6.45) is 6.89. The SMILES string of the molecule is COC(=O)N[C@H](C(=O)N1[C@@H]2C[C@@H]2C[C@H]1c1nc2ccc(-c3ccc4nc(-c5ccc6nc([C@@H]7C[C@H]8C[C@H]8N7C(=O)[C@@H](NC(=O)OC)C7CCOCC7)[nH]c6c5)cnc4c3)cc2[nH]1)C1CCOCC1. The van der Waals surface area contributed by atoms with Gasteiger partial charge >= 0.3 is 12.2 Å². The molecule has 0 bridgehead atoms. The van der Waals surface area contributed by atoms with Crippen molar-refractivity contribution >= 4 is 57.1 Å². The number of nitrogens with zero attached hydrogens (tertiary/aromatic N) is 6. The van der Waals surface area contributed by atoms with Crippen LogP contribution in [0.25, 0.3) is 55.5 Å². The van der Waals surface area contributed by atoms with Gasteiger partial charge in [-0.05, 0) is 123 Å². The molecule has 4 amide bonds. The van der Waals surface area contributed by atoms with Crippen LogP contribution in [0.2, 0.25) is 0 Å². The molecule has 18 nitrogen and oxygen atoms in total. The topological polar surface area (TPSA) is 219 Å². The van der Waals surface area contributed by atoms with Crippen LogP contribution < -0.4 is 10.6 Å². The molecule has 0 unspecified atom stereocenters. The maximum Gasteiger partial charge on any atom is 0.407 e. The fourth-order valence-electron chi connectivity index (χ4n) is 11.6. The van der Waals surface area contributed by atoms with Crippen molar-refractivity contribution in [1.29, 1.82) is 0 Å². The summed E-state index contributed by atoms with van der Waals surface area (Å²) in [5, 5.41) is 5.72. The zero-order chi connectivity index (χ0) is 46.2. The first kappa shape index (κ1) is 42.7. The monoisotopic (exact) mass is 922 g/mol. The fourth-order valence-corrected chi connectivity index (χ4v) is 11.6. The summed E-state index contributed by atoms with van der Waals surface area (Å²) in [5.41, 5.74) is 8.41. The molecule has 3 aromatic heterocycles. The first-order chi connectivity index (χ1) is 33.2. The van der Waals surface area contributed by atoms with E-state index in [1.165, 1.54) is 14.2 Å². The zero-order valence-electron chi connectivity index (χ0n) is 38.0. The molecule has 0 radical (unpaired) electrons. The minimum absolute atomic E-state index is 0.0349. The first-order valence-electron chi connectivity index (χ1n) is 24.0. The van der Waals surface area contributed by atoms with Gasteiger partial charge in [-0.25, -0.2) is 24.5 Å². The van der Waals surface area contributed by atoms with Gasteiger partial charge in [0.2, 0.25) is 11.8 Å². The van der Waals surface area contributed by atoms with Gasteiger partial charge in [0.1, 0.15) is 23.7 Å². The summed E-state index contributed by atoms with van der Waals surface area (Å²) >= 11 is 0. The first-order valence-corrected chi connectivity index (χ1v) is 24.0. The highest BCUT2D eigenvalue weighted by atomic mass is 16.5. The Morgan fingerprint density at radius 1 is 0.603 bits per heavy atom. The molecule has 4 aliphatic heterocycles. The van der Waals surface area contributed by atoms with Crippen molar-refractivity contribution in [2.75, 3.05) is 40.6 Å². The van der Waals surface area contributed by atoms with Gasteiger partial charge in [0, 0.05) is 44.1 Å².